The number of hydrogen-bond acceptors (Lipinski definition) is 4. The maximum atomic E-state index is 14.2. The molecule has 1 saturated heterocycles. The third-order valence-corrected chi connectivity index (χ3v) is 6.18. The average molecular weight is 484 g/mol. The monoisotopic (exact) mass is 483 g/mol. The summed E-state index contributed by atoms with van der Waals surface area (Å²) in [5.41, 5.74) is 1.62. The summed E-state index contributed by atoms with van der Waals surface area (Å²) in [5.74, 6) is 0.510. The first-order chi connectivity index (χ1) is 15.5. The van der Waals surface area contributed by atoms with Gasteiger partial charge in [0.15, 0.2) is 0 Å². The Balaban J connectivity index is 0.00000385. The Bertz CT molecular complexity index is 897. The predicted octanol–water partition coefficient (Wildman–Crippen LogP) is 4.56. The SMILES string of the molecule is CCOc1c(CC(=O)N(C(C)C)[C@@H]2CCCNC2)n(CCCCOC)c2cc(F)ccc12.Cl. The second kappa shape index (κ2) is 13.2. The summed E-state index contributed by atoms with van der Waals surface area (Å²) in [5, 5.41) is 4.28. The van der Waals surface area contributed by atoms with E-state index < -0.39 is 0 Å². The van der Waals surface area contributed by atoms with E-state index in [4.69, 9.17) is 9.47 Å². The minimum absolute atomic E-state index is 0. The Labute approximate surface area is 203 Å². The van der Waals surface area contributed by atoms with Gasteiger partial charge in [-0.3, -0.25) is 4.79 Å². The van der Waals surface area contributed by atoms with Crippen LogP contribution in [-0.4, -0.2) is 60.9 Å². The number of halogens is 2. The van der Waals surface area contributed by atoms with Crippen LogP contribution in [0.3, 0.4) is 0 Å². The van der Waals surface area contributed by atoms with Gasteiger partial charge in [0.2, 0.25) is 5.91 Å². The highest BCUT2D eigenvalue weighted by Crippen LogP contribution is 2.35. The molecule has 1 aromatic heterocycles. The van der Waals surface area contributed by atoms with Crippen molar-refractivity contribution in [2.24, 2.45) is 0 Å². The molecule has 0 saturated carbocycles. The fourth-order valence-corrected chi connectivity index (χ4v) is 4.82. The number of ether oxygens (including phenoxy) is 2. The lowest BCUT2D eigenvalue weighted by Crippen LogP contribution is -2.52. The Hall–Kier alpha value is -1.83. The average Bonchev–Trinajstić information content (AvgIpc) is 3.04. The van der Waals surface area contributed by atoms with Gasteiger partial charge in [-0.15, -0.1) is 12.4 Å². The molecular formula is C25H39ClFN3O3. The zero-order chi connectivity index (χ0) is 23.1. The van der Waals surface area contributed by atoms with E-state index in [1.54, 1.807) is 19.2 Å². The lowest BCUT2D eigenvalue weighted by molar-refractivity contribution is -0.135. The van der Waals surface area contributed by atoms with Gasteiger partial charge in [-0.2, -0.15) is 0 Å². The molecule has 0 bridgehead atoms. The van der Waals surface area contributed by atoms with Crippen LogP contribution in [0.2, 0.25) is 0 Å². The minimum atomic E-state index is -0.286. The molecule has 33 heavy (non-hydrogen) atoms. The molecule has 0 radical (unpaired) electrons. The van der Waals surface area contributed by atoms with Crippen molar-refractivity contribution in [3.05, 3.63) is 29.7 Å². The molecule has 2 heterocycles. The van der Waals surface area contributed by atoms with Crippen LogP contribution in [0, 0.1) is 5.82 Å². The summed E-state index contributed by atoms with van der Waals surface area (Å²) < 4.78 is 27.5. The summed E-state index contributed by atoms with van der Waals surface area (Å²) in [6.45, 7) is 9.77. The van der Waals surface area contributed by atoms with Crippen LogP contribution in [-0.2, 0) is 22.5 Å². The largest absolute Gasteiger partial charge is 0.491 e. The Morgan fingerprint density at radius 1 is 1.33 bits per heavy atom. The van der Waals surface area contributed by atoms with E-state index in [-0.39, 0.29) is 42.6 Å². The highest BCUT2D eigenvalue weighted by molar-refractivity contribution is 5.91. The van der Waals surface area contributed by atoms with Crippen molar-refractivity contribution in [3.8, 4) is 5.75 Å². The summed E-state index contributed by atoms with van der Waals surface area (Å²) in [4.78, 5) is 15.6. The van der Waals surface area contributed by atoms with Crippen molar-refractivity contribution in [2.75, 3.05) is 33.4 Å². The molecule has 1 aromatic carbocycles. The van der Waals surface area contributed by atoms with Gasteiger partial charge in [-0.25, -0.2) is 4.39 Å². The molecule has 0 unspecified atom stereocenters. The Kier molecular flexibility index (Phi) is 10.9. The molecule has 3 rings (SSSR count). The van der Waals surface area contributed by atoms with Gasteiger partial charge in [-0.1, -0.05) is 0 Å². The number of methoxy groups -OCH3 is 1. The fourth-order valence-electron chi connectivity index (χ4n) is 4.82. The summed E-state index contributed by atoms with van der Waals surface area (Å²) >= 11 is 0. The van der Waals surface area contributed by atoms with Crippen LogP contribution in [0.5, 0.6) is 5.75 Å². The number of unbranched alkanes of at least 4 members (excludes halogenated alkanes) is 1. The lowest BCUT2D eigenvalue weighted by atomic mass is 10.0. The second-order valence-electron chi connectivity index (χ2n) is 8.79. The van der Waals surface area contributed by atoms with Crippen molar-refractivity contribution < 1.29 is 18.7 Å². The van der Waals surface area contributed by atoms with Crippen LogP contribution in [0.25, 0.3) is 10.9 Å². The number of rotatable bonds is 11. The molecule has 1 N–H and O–H groups in total. The number of nitrogens with one attached hydrogen (secondary N) is 1. The predicted molar refractivity (Wildman–Crippen MR) is 133 cm³/mol. The van der Waals surface area contributed by atoms with Gasteiger partial charge in [0.1, 0.15) is 11.6 Å². The third kappa shape index (κ3) is 6.61. The number of aryl methyl sites for hydroxylation is 1. The van der Waals surface area contributed by atoms with Gasteiger partial charge in [0.25, 0.3) is 0 Å². The van der Waals surface area contributed by atoms with Gasteiger partial charge in [-0.05, 0) is 71.2 Å². The molecule has 0 aliphatic carbocycles. The number of amides is 1. The van der Waals surface area contributed by atoms with Crippen LogP contribution in [0.1, 0.15) is 52.1 Å². The van der Waals surface area contributed by atoms with E-state index in [9.17, 15) is 9.18 Å². The van der Waals surface area contributed by atoms with E-state index >= 15 is 0 Å². The molecular weight excluding hydrogens is 445 g/mol. The third-order valence-electron chi connectivity index (χ3n) is 6.18. The summed E-state index contributed by atoms with van der Waals surface area (Å²) in [7, 11) is 1.69. The molecule has 1 fully saturated rings. The number of fused-ring (bicyclic) bond motifs is 1. The maximum Gasteiger partial charge on any atom is 0.229 e. The number of carbonyl (C=O) groups excluding carboxylic acids is 1. The molecule has 1 amide bonds. The minimum Gasteiger partial charge on any atom is -0.491 e. The Morgan fingerprint density at radius 3 is 2.76 bits per heavy atom. The van der Waals surface area contributed by atoms with Crippen molar-refractivity contribution in [3.63, 3.8) is 0 Å². The zero-order valence-electron chi connectivity index (χ0n) is 20.4. The van der Waals surface area contributed by atoms with Gasteiger partial charge >= 0.3 is 0 Å². The van der Waals surface area contributed by atoms with E-state index in [2.05, 4.69) is 23.7 Å². The van der Waals surface area contributed by atoms with Crippen molar-refractivity contribution >= 4 is 29.2 Å². The van der Waals surface area contributed by atoms with Crippen molar-refractivity contribution in [1.82, 2.24) is 14.8 Å². The van der Waals surface area contributed by atoms with E-state index in [0.717, 1.165) is 55.4 Å². The summed E-state index contributed by atoms with van der Waals surface area (Å²) in [6, 6.07) is 5.08. The first-order valence-corrected chi connectivity index (χ1v) is 11.9. The standard InChI is InChI=1S/C25H38FN3O3.ClH/c1-5-32-25-21-11-10-19(26)15-22(21)28(13-6-7-14-31-4)23(25)16-24(30)29(18(2)3)20-9-8-12-27-17-20;/h10-11,15,18,20,27H,5-9,12-14,16-17H2,1-4H3;1H/t20-;/m1./s1. The quantitative estimate of drug-likeness (QED) is 0.476. The highest BCUT2D eigenvalue weighted by atomic mass is 35.5. The van der Waals surface area contributed by atoms with Gasteiger partial charge in [0, 0.05) is 44.3 Å². The molecule has 6 nitrogen and oxygen atoms in total. The van der Waals surface area contributed by atoms with Crippen LogP contribution in [0.15, 0.2) is 18.2 Å². The molecule has 1 atom stereocenters. The Morgan fingerprint density at radius 2 is 2.12 bits per heavy atom. The van der Waals surface area contributed by atoms with Gasteiger partial charge in [0.05, 0.1) is 24.2 Å². The van der Waals surface area contributed by atoms with E-state index in [1.165, 1.54) is 6.07 Å². The smallest absolute Gasteiger partial charge is 0.229 e. The molecule has 8 heteroatoms. The van der Waals surface area contributed by atoms with Crippen LogP contribution in [0.4, 0.5) is 4.39 Å². The first kappa shape index (κ1) is 27.4. The highest BCUT2D eigenvalue weighted by Gasteiger charge is 2.30. The molecule has 0 spiro atoms. The molecule has 2 aromatic rings. The molecule has 1 aliphatic heterocycles. The number of aromatic nitrogens is 1. The maximum absolute atomic E-state index is 14.2. The molecule has 1 aliphatic rings. The zero-order valence-corrected chi connectivity index (χ0v) is 21.2. The van der Waals surface area contributed by atoms with Crippen LogP contribution >= 0.6 is 12.4 Å². The number of nitrogens with zero attached hydrogens (tertiary/aromatic N) is 2. The number of carbonyl (C=O) groups is 1. The second-order valence-corrected chi connectivity index (χ2v) is 8.79. The summed E-state index contributed by atoms with van der Waals surface area (Å²) in [6.07, 6.45) is 4.10. The number of benzene rings is 1. The lowest BCUT2D eigenvalue weighted by Gasteiger charge is -2.37. The number of piperidine rings is 1. The normalized spacial score (nSPS) is 16.1. The fraction of sp³-hybridized carbons (Fsp3) is 0.640. The first-order valence-electron chi connectivity index (χ1n) is 11.9. The van der Waals surface area contributed by atoms with Gasteiger partial charge < -0.3 is 24.3 Å². The molecule has 186 valence electrons. The van der Waals surface area contributed by atoms with Crippen LogP contribution < -0.4 is 10.1 Å². The van der Waals surface area contributed by atoms with Crippen molar-refractivity contribution in [2.45, 2.75) is 71.5 Å². The van der Waals surface area contributed by atoms with E-state index in [1.807, 2.05) is 11.8 Å². The van der Waals surface area contributed by atoms with Crippen molar-refractivity contribution in [1.29, 1.82) is 0 Å². The van der Waals surface area contributed by atoms with E-state index in [0.29, 0.717) is 25.5 Å². The number of hydrogen-bond donors (Lipinski definition) is 1. The topological polar surface area (TPSA) is 55.7 Å².